The topological polar surface area (TPSA) is 111 Å². The van der Waals surface area contributed by atoms with Gasteiger partial charge in [0.1, 0.15) is 11.2 Å². The Balaban J connectivity index is 0.000000147. The number of ether oxygens (including phenoxy) is 1. The van der Waals surface area contributed by atoms with Crippen LogP contribution in [0.15, 0.2) is 11.5 Å². The molecule has 2 aliphatic carbocycles. The molecular formula is C22H33N5O3S. The number of nitroso groups, excluding NO2 is 1. The number of rotatable bonds is 3. The zero-order valence-corrected chi connectivity index (χ0v) is 19.2. The smallest absolute Gasteiger partial charge is 0.217 e. The fraction of sp³-hybridized carbons (Fsp3) is 0.682. The van der Waals surface area contributed by atoms with Crippen molar-refractivity contribution in [3.8, 4) is 0 Å². The van der Waals surface area contributed by atoms with E-state index in [-0.39, 0.29) is 5.91 Å². The number of primary amides is 1. The number of thiophene rings is 1. The minimum Gasteiger partial charge on any atom is -0.379 e. The maximum absolute atomic E-state index is 10.6. The molecule has 1 saturated heterocycles. The van der Waals surface area contributed by atoms with Crippen LogP contribution in [0.1, 0.15) is 62.3 Å². The van der Waals surface area contributed by atoms with Gasteiger partial charge in [-0.3, -0.25) is 9.69 Å². The summed E-state index contributed by atoms with van der Waals surface area (Å²) in [5.41, 5.74) is 5.90. The predicted octanol–water partition coefficient (Wildman–Crippen LogP) is 4.11. The van der Waals surface area contributed by atoms with Crippen molar-refractivity contribution in [2.24, 2.45) is 10.9 Å². The number of nitrogens with zero attached hydrogens (tertiary/aromatic N) is 4. The zero-order valence-electron chi connectivity index (χ0n) is 18.3. The number of fused-ring (bicyclic) bond motifs is 3. The van der Waals surface area contributed by atoms with Gasteiger partial charge in [-0.25, -0.2) is 9.97 Å². The highest BCUT2D eigenvalue weighted by molar-refractivity contribution is 7.19. The van der Waals surface area contributed by atoms with Crippen LogP contribution in [-0.4, -0.2) is 53.1 Å². The highest BCUT2D eigenvalue weighted by Gasteiger charge is 2.22. The highest BCUT2D eigenvalue weighted by atomic mass is 32.1. The summed E-state index contributed by atoms with van der Waals surface area (Å²) < 4.78 is 5.35. The Hall–Kier alpha value is -1.97. The molecule has 9 heteroatoms. The Morgan fingerprint density at radius 1 is 1.19 bits per heavy atom. The fourth-order valence-electron chi connectivity index (χ4n) is 4.37. The summed E-state index contributed by atoms with van der Waals surface area (Å²) in [6.45, 7) is 5.98. The first kappa shape index (κ1) is 23.7. The third-order valence-corrected chi connectivity index (χ3v) is 7.25. The van der Waals surface area contributed by atoms with E-state index >= 15 is 0 Å². The number of morpholine rings is 1. The van der Waals surface area contributed by atoms with Crippen LogP contribution in [0, 0.1) is 4.91 Å². The van der Waals surface area contributed by atoms with Crippen LogP contribution in [-0.2, 0) is 22.4 Å². The SMILES string of the molecule is C1CCC(N2CCOCC2)CC1.CCC(N)=O.O=Nc1ncnc2sc3c(c12)CCC3. The van der Waals surface area contributed by atoms with Gasteiger partial charge in [0.2, 0.25) is 11.7 Å². The van der Waals surface area contributed by atoms with E-state index in [0.717, 1.165) is 42.3 Å². The number of aryl methyl sites for hydroxylation is 2. The number of amides is 1. The Kier molecular flexibility index (Phi) is 9.30. The van der Waals surface area contributed by atoms with Crippen LogP contribution < -0.4 is 5.73 Å². The molecule has 0 radical (unpaired) electrons. The Morgan fingerprint density at radius 2 is 1.90 bits per heavy atom. The van der Waals surface area contributed by atoms with Gasteiger partial charge in [-0.05, 0) is 42.8 Å². The molecule has 2 aromatic rings. The summed E-state index contributed by atoms with van der Waals surface area (Å²) in [5.74, 6) is 0.0550. The van der Waals surface area contributed by atoms with Gasteiger partial charge in [0, 0.05) is 30.4 Å². The van der Waals surface area contributed by atoms with Gasteiger partial charge in [0.05, 0.1) is 18.6 Å². The number of aromatic nitrogens is 2. The third kappa shape index (κ3) is 6.51. The second-order valence-electron chi connectivity index (χ2n) is 8.09. The number of carbonyl (C=O) groups excluding carboxylic acids is 1. The van der Waals surface area contributed by atoms with E-state index in [4.69, 9.17) is 4.74 Å². The number of hydrogen-bond acceptors (Lipinski definition) is 8. The summed E-state index contributed by atoms with van der Waals surface area (Å²) in [6, 6.07) is 0.891. The summed E-state index contributed by atoms with van der Waals surface area (Å²) in [4.78, 5) is 33.1. The van der Waals surface area contributed by atoms with Crippen molar-refractivity contribution in [1.29, 1.82) is 0 Å². The standard InChI is InChI=1S/C10H19NO.C9H7N3OS.C3H7NO/c1-2-4-10(5-3-1)11-6-8-12-9-7-11;13-12-8-7-5-2-1-3-6(5)14-9(7)11-4-10-8;1-2-3(4)5/h10H,1-9H2;4H,1-3H2;2H2,1H3,(H2,4,5). The van der Waals surface area contributed by atoms with Crippen LogP contribution in [0.2, 0.25) is 0 Å². The zero-order chi connectivity index (χ0) is 22.1. The third-order valence-electron chi connectivity index (χ3n) is 6.05. The van der Waals surface area contributed by atoms with Gasteiger partial charge in [-0.15, -0.1) is 16.2 Å². The lowest BCUT2D eigenvalue weighted by atomic mass is 9.94. The number of nitrogens with two attached hydrogens (primary N) is 1. The maximum Gasteiger partial charge on any atom is 0.217 e. The van der Waals surface area contributed by atoms with Gasteiger partial charge < -0.3 is 10.5 Å². The molecule has 0 atom stereocenters. The van der Waals surface area contributed by atoms with Gasteiger partial charge in [0.25, 0.3) is 0 Å². The van der Waals surface area contributed by atoms with E-state index in [1.54, 1.807) is 18.3 Å². The van der Waals surface area contributed by atoms with E-state index in [1.165, 1.54) is 68.4 Å². The second-order valence-corrected chi connectivity index (χ2v) is 9.17. The first-order valence-corrected chi connectivity index (χ1v) is 12.1. The van der Waals surface area contributed by atoms with Crippen LogP contribution >= 0.6 is 11.3 Å². The number of carbonyl (C=O) groups is 1. The summed E-state index contributed by atoms with van der Waals surface area (Å²) >= 11 is 1.67. The molecule has 8 nitrogen and oxygen atoms in total. The monoisotopic (exact) mass is 447 g/mol. The quantitative estimate of drug-likeness (QED) is 0.709. The molecule has 1 amide bonds. The average molecular weight is 448 g/mol. The molecule has 2 aromatic heterocycles. The molecule has 5 rings (SSSR count). The Bertz CT molecular complexity index is 844. The molecule has 0 unspecified atom stereocenters. The summed E-state index contributed by atoms with van der Waals surface area (Å²) in [5, 5.41) is 3.84. The van der Waals surface area contributed by atoms with Crippen LogP contribution in [0.25, 0.3) is 10.2 Å². The van der Waals surface area contributed by atoms with E-state index in [2.05, 4.69) is 25.8 Å². The Morgan fingerprint density at radius 3 is 2.55 bits per heavy atom. The van der Waals surface area contributed by atoms with Gasteiger partial charge >= 0.3 is 0 Å². The first-order valence-electron chi connectivity index (χ1n) is 11.3. The van der Waals surface area contributed by atoms with Crippen molar-refractivity contribution >= 4 is 33.3 Å². The first-order chi connectivity index (χ1) is 15.1. The van der Waals surface area contributed by atoms with E-state index in [9.17, 15) is 9.70 Å². The molecule has 0 spiro atoms. The highest BCUT2D eigenvalue weighted by Crippen LogP contribution is 2.39. The van der Waals surface area contributed by atoms with Crippen LogP contribution in [0.5, 0.6) is 0 Å². The predicted molar refractivity (Wildman–Crippen MR) is 124 cm³/mol. The van der Waals surface area contributed by atoms with Crippen LogP contribution in [0.3, 0.4) is 0 Å². The number of hydrogen-bond donors (Lipinski definition) is 1. The van der Waals surface area contributed by atoms with Crippen molar-refractivity contribution in [2.75, 3.05) is 26.3 Å². The minimum atomic E-state index is -0.245. The van der Waals surface area contributed by atoms with Crippen molar-refractivity contribution in [3.63, 3.8) is 0 Å². The molecule has 31 heavy (non-hydrogen) atoms. The molecule has 3 heterocycles. The largest absolute Gasteiger partial charge is 0.379 e. The molecule has 2 N–H and O–H groups in total. The lowest BCUT2D eigenvalue weighted by Gasteiger charge is -2.36. The lowest BCUT2D eigenvalue weighted by molar-refractivity contribution is -0.117. The van der Waals surface area contributed by atoms with Crippen molar-refractivity contribution < 1.29 is 9.53 Å². The van der Waals surface area contributed by atoms with E-state index < -0.39 is 0 Å². The maximum atomic E-state index is 10.6. The molecule has 0 bridgehead atoms. The summed E-state index contributed by atoms with van der Waals surface area (Å²) in [6.07, 6.45) is 12.4. The molecule has 1 saturated carbocycles. The molecule has 0 aromatic carbocycles. The second kappa shape index (κ2) is 12.2. The molecule has 1 aliphatic heterocycles. The van der Waals surface area contributed by atoms with Crippen molar-refractivity contribution in [3.05, 3.63) is 21.7 Å². The van der Waals surface area contributed by atoms with Crippen molar-refractivity contribution in [1.82, 2.24) is 14.9 Å². The van der Waals surface area contributed by atoms with E-state index in [0.29, 0.717) is 12.2 Å². The van der Waals surface area contributed by atoms with Crippen LogP contribution in [0.4, 0.5) is 5.82 Å². The van der Waals surface area contributed by atoms with Gasteiger partial charge in [0.15, 0.2) is 0 Å². The normalized spacial score (nSPS) is 19.0. The Labute approximate surface area is 187 Å². The molecular weight excluding hydrogens is 414 g/mol. The van der Waals surface area contributed by atoms with Gasteiger partial charge in [-0.1, -0.05) is 26.2 Å². The lowest BCUT2D eigenvalue weighted by Crippen LogP contribution is -2.44. The van der Waals surface area contributed by atoms with Gasteiger partial charge in [-0.2, -0.15) is 0 Å². The van der Waals surface area contributed by atoms with Crippen molar-refractivity contribution in [2.45, 2.75) is 70.8 Å². The summed E-state index contributed by atoms with van der Waals surface area (Å²) in [7, 11) is 0. The fourth-order valence-corrected chi connectivity index (χ4v) is 5.59. The minimum absolute atomic E-state index is 0.245. The van der Waals surface area contributed by atoms with E-state index in [1.807, 2.05) is 0 Å². The molecule has 2 fully saturated rings. The average Bonchev–Trinajstić information content (AvgIpc) is 3.42. The molecule has 170 valence electrons. The molecule has 3 aliphatic rings.